The summed E-state index contributed by atoms with van der Waals surface area (Å²) in [6, 6.07) is 16.7. The first-order valence-electron chi connectivity index (χ1n) is 11.4. The number of carbonyl (C=O) groups excluding carboxylic acids is 2. The number of hydrogen-bond donors (Lipinski definition) is 2. The van der Waals surface area contributed by atoms with Crippen LogP contribution in [0.3, 0.4) is 0 Å². The van der Waals surface area contributed by atoms with Crippen molar-refractivity contribution in [3.05, 3.63) is 78.2 Å². The second kappa shape index (κ2) is 10.4. The summed E-state index contributed by atoms with van der Waals surface area (Å²) in [5.74, 6) is 1.98. The van der Waals surface area contributed by atoms with Crippen molar-refractivity contribution in [1.29, 1.82) is 0 Å². The number of H-pyrrole nitrogens is 1. The molecule has 2 aromatic carbocycles. The van der Waals surface area contributed by atoms with E-state index in [1.807, 2.05) is 35.2 Å². The van der Waals surface area contributed by atoms with Gasteiger partial charge in [0, 0.05) is 30.9 Å². The molecule has 1 aliphatic rings. The van der Waals surface area contributed by atoms with Crippen molar-refractivity contribution in [2.45, 2.75) is 18.9 Å². The molecular weight excluding hydrogens is 557 g/mol. The number of likely N-dealkylation sites (tertiary alicyclic amines) is 1. The van der Waals surface area contributed by atoms with Crippen molar-refractivity contribution in [1.82, 2.24) is 19.9 Å². The number of anilines is 1. The molecule has 1 unspecified atom stereocenters. The van der Waals surface area contributed by atoms with Crippen molar-refractivity contribution in [3.63, 3.8) is 0 Å². The van der Waals surface area contributed by atoms with Crippen LogP contribution >= 0.6 is 22.6 Å². The number of halogens is 1. The summed E-state index contributed by atoms with van der Waals surface area (Å²) in [5, 5.41) is 4.01. The number of nitrogens with zero attached hydrogens (tertiary/aromatic N) is 3. The average Bonchev–Trinajstić information content (AvgIpc) is 3.55. The van der Waals surface area contributed by atoms with E-state index in [1.54, 1.807) is 30.5 Å². The summed E-state index contributed by atoms with van der Waals surface area (Å²) in [4.78, 5) is 39.3. The van der Waals surface area contributed by atoms with Crippen LogP contribution in [0.4, 0.5) is 5.82 Å². The van der Waals surface area contributed by atoms with Gasteiger partial charge in [-0.1, -0.05) is 40.8 Å². The first kappa shape index (κ1) is 23.3. The minimum absolute atomic E-state index is 0.109. The summed E-state index contributed by atoms with van der Waals surface area (Å²) in [7, 11) is 0. The summed E-state index contributed by atoms with van der Waals surface area (Å²) >= 11 is 2.11. The Balaban J connectivity index is 1.35. The average molecular weight is 581 g/mol. The lowest BCUT2D eigenvalue weighted by atomic mass is 10.0. The van der Waals surface area contributed by atoms with Gasteiger partial charge in [-0.3, -0.25) is 9.59 Å². The molecule has 2 N–H and O–H groups in total. The lowest BCUT2D eigenvalue weighted by Gasteiger charge is -2.24. The van der Waals surface area contributed by atoms with Crippen LogP contribution in [-0.2, 0) is 4.79 Å². The van der Waals surface area contributed by atoms with Crippen LogP contribution in [0.5, 0.6) is 11.5 Å². The molecule has 2 aromatic heterocycles. The highest BCUT2D eigenvalue weighted by Gasteiger charge is 2.28. The molecule has 5 rings (SSSR count). The van der Waals surface area contributed by atoms with Crippen molar-refractivity contribution in [2.24, 2.45) is 0 Å². The number of fused-ring (bicyclic) bond motifs is 1. The molecule has 9 heteroatoms. The number of aromatic nitrogens is 3. The van der Waals surface area contributed by atoms with Gasteiger partial charge in [0.15, 0.2) is 5.78 Å². The number of hydrogen-bond acceptors (Lipinski definition) is 6. The van der Waals surface area contributed by atoms with Gasteiger partial charge in [0.25, 0.3) is 0 Å². The SMILES string of the molecule is O=C(c1ccc(Oc2ccccc2)cc1)c1c[nH]c2ncnc(NCC3CCCN3C(=O)CI)c12. The van der Waals surface area contributed by atoms with Gasteiger partial charge in [-0.05, 0) is 49.2 Å². The first-order chi connectivity index (χ1) is 17.1. The molecule has 8 nitrogen and oxygen atoms in total. The second-order valence-electron chi connectivity index (χ2n) is 8.31. The number of aromatic amines is 1. The van der Waals surface area contributed by atoms with Crippen LogP contribution in [0, 0.1) is 0 Å². The maximum atomic E-state index is 13.4. The minimum atomic E-state index is -0.136. The largest absolute Gasteiger partial charge is 0.457 e. The number of nitrogens with one attached hydrogen (secondary N) is 2. The van der Waals surface area contributed by atoms with E-state index in [4.69, 9.17) is 4.74 Å². The molecule has 1 atom stereocenters. The van der Waals surface area contributed by atoms with Gasteiger partial charge in [0.1, 0.15) is 29.3 Å². The van der Waals surface area contributed by atoms with Gasteiger partial charge in [-0.25, -0.2) is 9.97 Å². The molecule has 35 heavy (non-hydrogen) atoms. The van der Waals surface area contributed by atoms with Crippen molar-refractivity contribution < 1.29 is 14.3 Å². The van der Waals surface area contributed by atoms with Crippen molar-refractivity contribution >= 4 is 51.1 Å². The van der Waals surface area contributed by atoms with Crippen LogP contribution in [0.25, 0.3) is 11.0 Å². The number of benzene rings is 2. The number of alkyl halides is 1. The molecule has 178 valence electrons. The predicted molar refractivity (Wildman–Crippen MR) is 142 cm³/mol. The second-order valence-corrected chi connectivity index (χ2v) is 9.08. The Bertz CT molecular complexity index is 1340. The van der Waals surface area contributed by atoms with E-state index in [2.05, 4.69) is 42.9 Å². The van der Waals surface area contributed by atoms with Crippen LogP contribution in [0.15, 0.2) is 67.1 Å². The quantitative estimate of drug-likeness (QED) is 0.176. The molecule has 1 fully saturated rings. The van der Waals surface area contributed by atoms with Crippen LogP contribution in [0.1, 0.15) is 28.8 Å². The van der Waals surface area contributed by atoms with Crippen LogP contribution in [0.2, 0.25) is 0 Å². The molecule has 3 heterocycles. The van der Waals surface area contributed by atoms with Gasteiger partial charge < -0.3 is 19.9 Å². The molecule has 0 radical (unpaired) electrons. The molecular formula is C26H24IN5O3. The number of ether oxygens (including phenoxy) is 1. The molecule has 1 amide bonds. The van der Waals surface area contributed by atoms with Gasteiger partial charge in [-0.15, -0.1) is 0 Å². The maximum absolute atomic E-state index is 13.4. The number of rotatable bonds is 8. The molecule has 0 spiro atoms. The van der Waals surface area contributed by atoms with Crippen LogP contribution < -0.4 is 10.1 Å². The minimum Gasteiger partial charge on any atom is -0.457 e. The Kier molecular flexibility index (Phi) is 6.94. The van der Waals surface area contributed by atoms with Crippen molar-refractivity contribution in [2.75, 3.05) is 22.8 Å². The van der Waals surface area contributed by atoms with Gasteiger partial charge in [-0.2, -0.15) is 0 Å². The summed E-state index contributed by atoms with van der Waals surface area (Å²) in [6.07, 6.45) is 5.07. The normalized spacial score (nSPS) is 15.3. The standard InChI is InChI=1S/C26H24IN5O3/c27-13-22(33)32-12-4-5-18(32)14-28-25-23-21(15-29-26(23)31-16-30-25)24(34)17-8-10-20(11-9-17)35-19-6-2-1-3-7-19/h1-3,6-11,15-16,18H,4-5,12-14H2,(H2,28,29,30,31). The zero-order valence-electron chi connectivity index (χ0n) is 18.9. The van der Waals surface area contributed by atoms with E-state index < -0.39 is 0 Å². The zero-order valence-corrected chi connectivity index (χ0v) is 21.1. The van der Waals surface area contributed by atoms with Gasteiger partial charge >= 0.3 is 0 Å². The lowest BCUT2D eigenvalue weighted by molar-refractivity contribution is -0.128. The Hall–Kier alpha value is -3.47. The van der Waals surface area contributed by atoms with E-state index in [9.17, 15) is 9.59 Å². The van der Waals surface area contributed by atoms with Crippen LogP contribution in [-0.4, -0.2) is 55.1 Å². The third-order valence-corrected chi connectivity index (χ3v) is 6.78. The highest BCUT2D eigenvalue weighted by molar-refractivity contribution is 14.1. The van der Waals surface area contributed by atoms with E-state index in [0.717, 1.165) is 25.1 Å². The Labute approximate surface area is 216 Å². The highest BCUT2D eigenvalue weighted by Crippen LogP contribution is 2.28. The molecule has 0 saturated carbocycles. The van der Waals surface area contributed by atoms with Gasteiger partial charge in [0.05, 0.1) is 15.4 Å². The fraction of sp³-hybridized carbons (Fsp3) is 0.231. The number of para-hydroxylation sites is 1. The van der Waals surface area contributed by atoms with E-state index >= 15 is 0 Å². The summed E-state index contributed by atoms with van der Waals surface area (Å²) in [5.41, 5.74) is 1.61. The third kappa shape index (κ3) is 5.00. The molecule has 1 aliphatic heterocycles. The van der Waals surface area contributed by atoms with E-state index in [0.29, 0.717) is 44.7 Å². The maximum Gasteiger partial charge on any atom is 0.232 e. The zero-order chi connectivity index (χ0) is 24.2. The summed E-state index contributed by atoms with van der Waals surface area (Å²) < 4.78 is 6.30. The van der Waals surface area contributed by atoms with Gasteiger partial charge in [0.2, 0.25) is 5.91 Å². The molecule has 0 aliphatic carbocycles. The molecule has 1 saturated heterocycles. The number of carbonyl (C=O) groups is 2. The fourth-order valence-electron chi connectivity index (χ4n) is 4.40. The Morgan fingerprint density at radius 2 is 1.86 bits per heavy atom. The third-order valence-electron chi connectivity index (χ3n) is 6.13. The van der Waals surface area contributed by atoms with E-state index in [-0.39, 0.29) is 17.7 Å². The van der Waals surface area contributed by atoms with E-state index in [1.165, 1.54) is 6.33 Å². The number of ketones is 1. The topological polar surface area (TPSA) is 100 Å². The number of amides is 1. The van der Waals surface area contributed by atoms with Crippen molar-refractivity contribution in [3.8, 4) is 11.5 Å². The molecule has 4 aromatic rings. The fourth-order valence-corrected chi connectivity index (χ4v) is 4.84. The molecule has 0 bridgehead atoms. The predicted octanol–water partition coefficient (Wildman–Crippen LogP) is 4.82. The monoisotopic (exact) mass is 581 g/mol. The Morgan fingerprint density at radius 3 is 2.63 bits per heavy atom. The lowest BCUT2D eigenvalue weighted by Crippen LogP contribution is -2.40. The Morgan fingerprint density at radius 1 is 1.09 bits per heavy atom. The highest BCUT2D eigenvalue weighted by atomic mass is 127. The summed E-state index contributed by atoms with van der Waals surface area (Å²) in [6.45, 7) is 1.35. The smallest absolute Gasteiger partial charge is 0.232 e. The first-order valence-corrected chi connectivity index (χ1v) is 13.0.